The van der Waals surface area contributed by atoms with Crippen LogP contribution in [0.2, 0.25) is 0 Å². The van der Waals surface area contributed by atoms with Crippen LogP contribution in [0.15, 0.2) is 14.7 Å². The van der Waals surface area contributed by atoms with Gasteiger partial charge in [0.15, 0.2) is 5.16 Å². The highest BCUT2D eigenvalue weighted by Gasteiger charge is 2.13. The number of hydrogen-bond acceptors (Lipinski definition) is 4. The van der Waals surface area contributed by atoms with Crippen molar-refractivity contribution in [2.45, 2.75) is 31.5 Å². The van der Waals surface area contributed by atoms with E-state index in [9.17, 15) is 9.59 Å². The topological polar surface area (TPSA) is 56.9 Å². The first-order valence-corrected chi connectivity index (χ1v) is 5.99. The Bertz CT molecular complexity index is 463. The maximum absolute atomic E-state index is 11.8. The zero-order valence-electron chi connectivity index (χ0n) is 9.35. The van der Waals surface area contributed by atoms with Crippen molar-refractivity contribution in [2.75, 3.05) is 6.26 Å². The molecule has 0 spiro atoms. The molecule has 0 amide bonds. The van der Waals surface area contributed by atoms with Gasteiger partial charge in [0.1, 0.15) is 0 Å². The fourth-order valence-corrected chi connectivity index (χ4v) is 1.80. The van der Waals surface area contributed by atoms with Gasteiger partial charge < -0.3 is 0 Å². The average molecular weight is 229 g/mol. The lowest BCUT2D eigenvalue weighted by molar-refractivity contribution is 0.441. The maximum atomic E-state index is 11.8. The van der Waals surface area contributed by atoms with E-state index in [1.54, 1.807) is 13.3 Å². The molecule has 0 N–H and O–H groups in total. The molecule has 0 aliphatic rings. The summed E-state index contributed by atoms with van der Waals surface area (Å²) in [4.78, 5) is 27.3. The van der Waals surface area contributed by atoms with Gasteiger partial charge in [0.25, 0.3) is 0 Å². The summed E-state index contributed by atoms with van der Waals surface area (Å²) in [5.41, 5.74) is -0.759. The summed E-state index contributed by atoms with van der Waals surface area (Å²) in [6.07, 6.45) is 2.52. The van der Waals surface area contributed by atoms with Crippen molar-refractivity contribution in [2.24, 2.45) is 7.05 Å². The summed E-state index contributed by atoms with van der Waals surface area (Å²) in [5.74, 6) is 0. The van der Waals surface area contributed by atoms with Crippen LogP contribution in [0.3, 0.4) is 0 Å². The molecule has 5 nitrogen and oxygen atoms in total. The van der Waals surface area contributed by atoms with Crippen LogP contribution >= 0.6 is 11.8 Å². The van der Waals surface area contributed by atoms with Gasteiger partial charge in [-0.25, -0.2) is 14.2 Å². The Hall–Kier alpha value is -1.04. The lowest BCUT2D eigenvalue weighted by atomic mass is 10.3. The molecular formula is C9H15N3O2S. The van der Waals surface area contributed by atoms with Gasteiger partial charge in [0, 0.05) is 13.1 Å². The highest BCUT2D eigenvalue weighted by molar-refractivity contribution is 7.98. The van der Waals surface area contributed by atoms with E-state index in [-0.39, 0.29) is 11.7 Å². The minimum atomic E-state index is -0.461. The second-order valence-corrected chi connectivity index (χ2v) is 4.12. The predicted octanol–water partition coefficient (Wildman–Crippen LogP) is 0.635. The molecule has 1 aromatic heterocycles. The molecular weight excluding hydrogens is 214 g/mol. The first-order chi connectivity index (χ1) is 7.02. The molecule has 6 heteroatoms. The van der Waals surface area contributed by atoms with Gasteiger partial charge in [-0.3, -0.25) is 4.57 Å². The number of rotatable bonds is 3. The van der Waals surface area contributed by atoms with Gasteiger partial charge in [-0.1, -0.05) is 18.7 Å². The van der Waals surface area contributed by atoms with Gasteiger partial charge in [-0.2, -0.15) is 4.98 Å². The van der Waals surface area contributed by atoms with Crippen LogP contribution in [0.4, 0.5) is 0 Å². The number of nitrogens with zero attached hydrogens (tertiary/aromatic N) is 3. The quantitative estimate of drug-likeness (QED) is 0.714. The van der Waals surface area contributed by atoms with E-state index >= 15 is 0 Å². The molecule has 1 atom stereocenters. The molecule has 0 bridgehead atoms. The fraction of sp³-hybridized carbons (Fsp3) is 0.667. The Balaban J connectivity index is 3.50. The summed E-state index contributed by atoms with van der Waals surface area (Å²) in [5, 5.41) is 0.449. The van der Waals surface area contributed by atoms with Crippen molar-refractivity contribution in [3.63, 3.8) is 0 Å². The number of hydrogen-bond donors (Lipinski definition) is 0. The summed E-state index contributed by atoms with van der Waals surface area (Å²) >= 11 is 1.29. The molecule has 15 heavy (non-hydrogen) atoms. The number of thioether (sulfide) groups is 1. The van der Waals surface area contributed by atoms with Gasteiger partial charge in [-0.15, -0.1) is 0 Å². The summed E-state index contributed by atoms with van der Waals surface area (Å²) in [6.45, 7) is 3.77. The van der Waals surface area contributed by atoms with Crippen LogP contribution in [0, 0.1) is 0 Å². The Labute approximate surface area is 92.1 Å². The second kappa shape index (κ2) is 4.65. The lowest BCUT2D eigenvalue weighted by Gasteiger charge is -2.13. The van der Waals surface area contributed by atoms with Crippen molar-refractivity contribution in [3.05, 3.63) is 21.0 Å². The van der Waals surface area contributed by atoms with E-state index in [0.29, 0.717) is 5.16 Å². The van der Waals surface area contributed by atoms with Crippen LogP contribution in [0.1, 0.15) is 26.3 Å². The van der Waals surface area contributed by atoms with Crippen molar-refractivity contribution in [1.82, 2.24) is 14.1 Å². The monoisotopic (exact) mass is 229 g/mol. The Morgan fingerprint density at radius 1 is 1.47 bits per heavy atom. The van der Waals surface area contributed by atoms with E-state index in [0.717, 1.165) is 6.42 Å². The van der Waals surface area contributed by atoms with Crippen molar-refractivity contribution in [3.8, 4) is 0 Å². The van der Waals surface area contributed by atoms with Crippen LogP contribution < -0.4 is 11.4 Å². The molecule has 1 rings (SSSR count). The summed E-state index contributed by atoms with van der Waals surface area (Å²) < 4.78 is 2.60. The minimum absolute atomic E-state index is 0.111. The average Bonchev–Trinajstić information content (AvgIpc) is 2.23. The highest BCUT2D eigenvalue weighted by Crippen LogP contribution is 2.07. The molecule has 84 valence electrons. The van der Waals surface area contributed by atoms with E-state index in [1.807, 2.05) is 13.8 Å². The predicted molar refractivity (Wildman–Crippen MR) is 60.5 cm³/mol. The molecule has 0 aliphatic heterocycles. The summed E-state index contributed by atoms with van der Waals surface area (Å²) in [6, 6.07) is -0.111. The maximum Gasteiger partial charge on any atom is 0.354 e. The van der Waals surface area contributed by atoms with E-state index in [4.69, 9.17) is 0 Å². The first-order valence-electron chi connectivity index (χ1n) is 4.76. The normalized spacial score (nSPS) is 12.8. The Morgan fingerprint density at radius 3 is 2.53 bits per heavy atom. The summed E-state index contributed by atoms with van der Waals surface area (Å²) in [7, 11) is 1.62. The van der Waals surface area contributed by atoms with Crippen molar-refractivity contribution in [1.29, 1.82) is 0 Å². The van der Waals surface area contributed by atoms with Gasteiger partial charge in [0.2, 0.25) is 0 Å². The molecule has 0 saturated heterocycles. The van der Waals surface area contributed by atoms with Crippen LogP contribution in [0.25, 0.3) is 0 Å². The zero-order chi connectivity index (χ0) is 11.6. The largest absolute Gasteiger partial charge is 0.354 e. The van der Waals surface area contributed by atoms with Crippen LogP contribution in [0.5, 0.6) is 0 Å². The minimum Gasteiger partial charge on any atom is -0.275 e. The molecule has 0 saturated carbocycles. The molecule has 1 unspecified atom stereocenters. The molecule has 0 aromatic carbocycles. The van der Waals surface area contributed by atoms with E-state index in [2.05, 4.69) is 4.98 Å². The van der Waals surface area contributed by atoms with E-state index < -0.39 is 5.69 Å². The zero-order valence-corrected chi connectivity index (χ0v) is 10.2. The molecule has 0 aliphatic carbocycles. The SMILES string of the molecule is CCC(C)n1c(=O)nc(SC)n(C)c1=O. The highest BCUT2D eigenvalue weighted by atomic mass is 32.2. The first kappa shape index (κ1) is 12.0. The van der Waals surface area contributed by atoms with Gasteiger partial charge in [-0.05, 0) is 19.6 Å². The lowest BCUT2D eigenvalue weighted by Crippen LogP contribution is -2.42. The Morgan fingerprint density at radius 2 is 2.07 bits per heavy atom. The fourth-order valence-electron chi connectivity index (χ4n) is 1.28. The van der Waals surface area contributed by atoms with Gasteiger partial charge >= 0.3 is 11.4 Å². The molecule has 1 aromatic rings. The van der Waals surface area contributed by atoms with Crippen molar-refractivity contribution < 1.29 is 0 Å². The third-order valence-corrected chi connectivity index (χ3v) is 3.12. The van der Waals surface area contributed by atoms with Gasteiger partial charge in [0.05, 0.1) is 0 Å². The van der Waals surface area contributed by atoms with Crippen LogP contribution in [-0.2, 0) is 7.05 Å². The Kier molecular flexibility index (Phi) is 3.73. The van der Waals surface area contributed by atoms with Crippen LogP contribution in [-0.4, -0.2) is 20.4 Å². The third-order valence-electron chi connectivity index (χ3n) is 2.39. The third kappa shape index (κ3) is 2.14. The molecule has 0 fully saturated rings. The van der Waals surface area contributed by atoms with Crippen molar-refractivity contribution >= 4 is 11.8 Å². The smallest absolute Gasteiger partial charge is 0.275 e. The molecule has 0 radical (unpaired) electrons. The number of aromatic nitrogens is 3. The second-order valence-electron chi connectivity index (χ2n) is 3.35. The standard InChI is InChI=1S/C9H15N3O2S/c1-5-6(2)12-7(13)10-8(15-4)11(3)9(12)14/h6H,5H2,1-4H3. The molecule has 1 heterocycles. The van der Waals surface area contributed by atoms with E-state index in [1.165, 1.54) is 20.9 Å².